The summed E-state index contributed by atoms with van der Waals surface area (Å²) >= 11 is 12.0. The fraction of sp³-hybridized carbons (Fsp3) is 0.0769. The number of benzene rings is 1. The predicted octanol–water partition coefficient (Wildman–Crippen LogP) is 2.79. The van der Waals surface area contributed by atoms with Crippen LogP contribution in [0.1, 0.15) is 5.82 Å². The summed E-state index contributed by atoms with van der Waals surface area (Å²) in [6, 6.07) is 4.77. The average molecular weight is 307 g/mol. The van der Waals surface area contributed by atoms with Crippen molar-refractivity contribution in [2.45, 2.75) is 6.92 Å². The molecule has 0 fully saturated rings. The number of aryl methyl sites for hydroxylation is 1. The lowest BCUT2D eigenvalue weighted by atomic mass is 10.2. The molecule has 2 aromatic heterocycles. The van der Waals surface area contributed by atoms with Crippen LogP contribution in [0, 0.1) is 6.92 Å². The molecule has 0 bridgehead atoms. The van der Waals surface area contributed by atoms with Crippen molar-refractivity contribution in [3.05, 3.63) is 56.8 Å². The van der Waals surface area contributed by atoms with Crippen molar-refractivity contribution >= 4 is 34.1 Å². The lowest BCUT2D eigenvalue weighted by Gasteiger charge is -2.09. The van der Waals surface area contributed by atoms with Crippen LogP contribution in [0.4, 0.5) is 0 Å². The van der Waals surface area contributed by atoms with E-state index in [-0.39, 0.29) is 11.5 Å². The zero-order valence-electron chi connectivity index (χ0n) is 10.3. The van der Waals surface area contributed by atoms with Crippen molar-refractivity contribution < 1.29 is 0 Å². The van der Waals surface area contributed by atoms with Gasteiger partial charge in [-0.2, -0.15) is 0 Å². The van der Waals surface area contributed by atoms with E-state index in [1.807, 2.05) is 0 Å². The molecule has 0 amide bonds. The van der Waals surface area contributed by atoms with Gasteiger partial charge in [-0.05, 0) is 25.1 Å². The SMILES string of the molecule is Cc1nc2c(Cl)cc(Cl)cc2c(=O)n1-c1ncccn1. The maximum atomic E-state index is 12.6. The molecule has 1 aromatic carbocycles. The standard InChI is InChI=1S/C13H8Cl2N4O/c1-7-18-11-9(5-8(14)6-10(11)15)12(20)19(7)13-16-3-2-4-17-13/h2-6H,1H3. The maximum Gasteiger partial charge on any atom is 0.268 e. The van der Waals surface area contributed by atoms with Crippen molar-refractivity contribution in [2.75, 3.05) is 0 Å². The quantitative estimate of drug-likeness (QED) is 0.693. The Balaban J connectivity index is 2.44. The molecule has 3 rings (SSSR count). The van der Waals surface area contributed by atoms with Gasteiger partial charge in [-0.3, -0.25) is 4.79 Å². The van der Waals surface area contributed by atoms with Crippen molar-refractivity contribution in [3.63, 3.8) is 0 Å². The van der Waals surface area contributed by atoms with Gasteiger partial charge in [-0.25, -0.2) is 19.5 Å². The molecule has 5 nitrogen and oxygen atoms in total. The molecule has 100 valence electrons. The Morgan fingerprint density at radius 3 is 2.55 bits per heavy atom. The zero-order valence-corrected chi connectivity index (χ0v) is 11.9. The van der Waals surface area contributed by atoms with Crippen LogP contribution >= 0.6 is 23.2 Å². The molecule has 0 aliphatic carbocycles. The van der Waals surface area contributed by atoms with E-state index in [1.165, 1.54) is 10.6 Å². The fourth-order valence-electron chi connectivity index (χ4n) is 1.96. The first-order valence-corrected chi connectivity index (χ1v) is 6.49. The van der Waals surface area contributed by atoms with E-state index < -0.39 is 0 Å². The third-order valence-electron chi connectivity index (χ3n) is 2.81. The normalized spacial score (nSPS) is 10.9. The second-order valence-electron chi connectivity index (χ2n) is 4.13. The molecule has 0 spiro atoms. The maximum absolute atomic E-state index is 12.6. The number of halogens is 2. The molecular weight excluding hydrogens is 299 g/mol. The Hall–Kier alpha value is -1.98. The second kappa shape index (κ2) is 4.85. The van der Waals surface area contributed by atoms with Gasteiger partial charge in [0.05, 0.1) is 15.9 Å². The van der Waals surface area contributed by atoms with Gasteiger partial charge in [0.1, 0.15) is 5.82 Å². The molecule has 0 radical (unpaired) electrons. The molecule has 0 atom stereocenters. The zero-order chi connectivity index (χ0) is 14.3. The van der Waals surface area contributed by atoms with Gasteiger partial charge in [0.2, 0.25) is 5.95 Å². The fourth-order valence-corrected chi connectivity index (χ4v) is 2.50. The van der Waals surface area contributed by atoms with Crippen LogP contribution in [0.2, 0.25) is 10.0 Å². The third kappa shape index (κ3) is 2.05. The monoisotopic (exact) mass is 306 g/mol. The average Bonchev–Trinajstić information content (AvgIpc) is 2.42. The van der Waals surface area contributed by atoms with Gasteiger partial charge in [-0.1, -0.05) is 23.2 Å². The van der Waals surface area contributed by atoms with Crippen molar-refractivity contribution in [3.8, 4) is 5.95 Å². The molecule has 0 saturated heterocycles. The van der Waals surface area contributed by atoms with Gasteiger partial charge in [0.15, 0.2) is 0 Å². The number of nitrogens with zero attached hydrogens (tertiary/aromatic N) is 4. The predicted molar refractivity (Wildman–Crippen MR) is 77.7 cm³/mol. The summed E-state index contributed by atoms with van der Waals surface area (Å²) in [5, 5.41) is 1.06. The molecule has 2 heterocycles. The van der Waals surface area contributed by atoms with E-state index in [0.29, 0.717) is 26.8 Å². The lowest BCUT2D eigenvalue weighted by Crippen LogP contribution is -2.24. The summed E-state index contributed by atoms with van der Waals surface area (Å²) in [6.07, 6.45) is 3.12. The number of aromatic nitrogens is 4. The van der Waals surface area contributed by atoms with Crippen LogP contribution in [0.15, 0.2) is 35.4 Å². The van der Waals surface area contributed by atoms with Gasteiger partial charge in [0, 0.05) is 17.4 Å². The highest BCUT2D eigenvalue weighted by Gasteiger charge is 2.14. The van der Waals surface area contributed by atoms with E-state index in [4.69, 9.17) is 23.2 Å². The lowest BCUT2D eigenvalue weighted by molar-refractivity contribution is 0.827. The number of hydrogen-bond donors (Lipinski definition) is 0. The third-order valence-corrected chi connectivity index (χ3v) is 3.32. The van der Waals surface area contributed by atoms with Crippen LogP contribution in [0.3, 0.4) is 0 Å². The van der Waals surface area contributed by atoms with Gasteiger partial charge < -0.3 is 0 Å². The highest BCUT2D eigenvalue weighted by Crippen LogP contribution is 2.24. The Bertz CT molecular complexity index is 862. The second-order valence-corrected chi connectivity index (χ2v) is 4.98. The number of rotatable bonds is 1. The molecule has 3 aromatic rings. The van der Waals surface area contributed by atoms with Crippen molar-refractivity contribution in [2.24, 2.45) is 0 Å². The summed E-state index contributed by atoms with van der Waals surface area (Å²) in [6.45, 7) is 1.70. The van der Waals surface area contributed by atoms with Crippen molar-refractivity contribution in [1.29, 1.82) is 0 Å². The summed E-state index contributed by atoms with van der Waals surface area (Å²) < 4.78 is 1.33. The topological polar surface area (TPSA) is 60.7 Å². The highest BCUT2D eigenvalue weighted by atomic mass is 35.5. The van der Waals surface area contributed by atoms with E-state index in [1.54, 1.807) is 31.5 Å². The van der Waals surface area contributed by atoms with E-state index in [2.05, 4.69) is 15.0 Å². The largest absolute Gasteiger partial charge is 0.268 e. The minimum Gasteiger partial charge on any atom is -0.268 e. The number of hydrogen-bond acceptors (Lipinski definition) is 4. The van der Waals surface area contributed by atoms with Crippen LogP contribution in [0.25, 0.3) is 16.9 Å². The van der Waals surface area contributed by atoms with Crippen LogP contribution in [0.5, 0.6) is 0 Å². The molecule has 0 aliphatic heterocycles. The van der Waals surface area contributed by atoms with Gasteiger partial charge in [-0.15, -0.1) is 0 Å². The Morgan fingerprint density at radius 1 is 1.15 bits per heavy atom. The first-order valence-electron chi connectivity index (χ1n) is 5.74. The summed E-state index contributed by atoms with van der Waals surface area (Å²) in [7, 11) is 0. The van der Waals surface area contributed by atoms with E-state index in [0.717, 1.165) is 0 Å². The molecule has 0 aliphatic rings. The first-order chi connectivity index (χ1) is 9.58. The summed E-state index contributed by atoms with van der Waals surface area (Å²) in [5.74, 6) is 0.721. The number of fused-ring (bicyclic) bond motifs is 1. The molecule has 0 saturated carbocycles. The first kappa shape index (κ1) is 13.0. The highest BCUT2D eigenvalue weighted by molar-refractivity contribution is 6.38. The van der Waals surface area contributed by atoms with Gasteiger partial charge >= 0.3 is 0 Å². The molecule has 20 heavy (non-hydrogen) atoms. The smallest absolute Gasteiger partial charge is 0.268 e. The minimum absolute atomic E-state index is 0.264. The molecule has 0 N–H and O–H groups in total. The summed E-state index contributed by atoms with van der Waals surface area (Å²) in [4.78, 5) is 25.1. The van der Waals surface area contributed by atoms with Gasteiger partial charge in [0.25, 0.3) is 5.56 Å². The minimum atomic E-state index is -0.303. The van der Waals surface area contributed by atoms with E-state index in [9.17, 15) is 4.79 Å². The van der Waals surface area contributed by atoms with Crippen molar-refractivity contribution in [1.82, 2.24) is 19.5 Å². The van der Waals surface area contributed by atoms with E-state index >= 15 is 0 Å². The Kier molecular flexibility index (Phi) is 3.16. The Labute approximate surface area is 123 Å². The van der Waals surface area contributed by atoms with Crippen LogP contribution < -0.4 is 5.56 Å². The van der Waals surface area contributed by atoms with Crippen LogP contribution in [-0.2, 0) is 0 Å². The molecule has 0 unspecified atom stereocenters. The summed E-state index contributed by atoms with van der Waals surface area (Å²) in [5.41, 5.74) is 0.119. The molecular formula is C13H8Cl2N4O. The van der Waals surface area contributed by atoms with Crippen LogP contribution in [-0.4, -0.2) is 19.5 Å². The molecule has 7 heteroatoms. The Morgan fingerprint density at radius 2 is 1.85 bits per heavy atom.